The Balaban J connectivity index is 2.43. The number of hydrogen-bond donors (Lipinski definition) is 0. The van der Waals surface area contributed by atoms with E-state index in [1.165, 1.54) is 11.3 Å². The predicted molar refractivity (Wildman–Crippen MR) is 71.6 cm³/mol. The minimum absolute atomic E-state index is 0.00692. The lowest BCUT2D eigenvalue weighted by atomic mass is 10.1. The minimum atomic E-state index is 0.00692. The molecule has 0 saturated heterocycles. The number of halogens is 2. The fourth-order valence-electron chi connectivity index (χ4n) is 1.40. The molecule has 0 fully saturated rings. The number of aryl methyl sites for hydroxylation is 1. The van der Waals surface area contributed by atoms with Gasteiger partial charge in [0.1, 0.15) is 0 Å². The van der Waals surface area contributed by atoms with E-state index in [9.17, 15) is 4.79 Å². The number of thiophene rings is 1. The molecule has 1 aromatic heterocycles. The topological polar surface area (TPSA) is 17.1 Å². The van der Waals surface area contributed by atoms with Gasteiger partial charge in [0.05, 0.1) is 4.88 Å². The van der Waals surface area contributed by atoms with Crippen molar-refractivity contribution in [2.75, 3.05) is 0 Å². The molecular weight excluding hydrogens is 308 g/mol. The molecule has 0 saturated carbocycles. The summed E-state index contributed by atoms with van der Waals surface area (Å²) in [4.78, 5) is 14.0. The van der Waals surface area contributed by atoms with Crippen molar-refractivity contribution in [3.8, 4) is 0 Å². The van der Waals surface area contributed by atoms with Gasteiger partial charge in [-0.05, 0) is 41.1 Å². The van der Waals surface area contributed by atoms with Crippen LogP contribution in [0.1, 0.15) is 20.1 Å². The smallest absolute Gasteiger partial charge is 0.204 e. The normalized spacial score (nSPS) is 10.4. The molecule has 0 radical (unpaired) electrons. The van der Waals surface area contributed by atoms with Gasteiger partial charge in [0.15, 0.2) is 0 Å². The maximum Gasteiger partial charge on any atom is 0.204 e. The molecule has 0 unspecified atom stereocenters. The molecule has 82 valence electrons. The Kier molecular flexibility index (Phi) is 3.47. The molecule has 2 aromatic rings. The fraction of sp³-hybridized carbons (Fsp3) is 0.0833. The molecule has 0 bridgehead atoms. The van der Waals surface area contributed by atoms with E-state index >= 15 is 0 Å². The van der Waals surface area contributed by atoms with Crippen LogP contribution in [-0.4, -0.2) is 5.78 Å². The molecule has 0 aliphatic heterocycles. The second-order valence-corrected chi connectivity index (χ2v) is 5.92. The highest BCUT2D eigenvalue weighted by Gasteiger charge is 2.15. The predicted octanol–water partition coefficient (Wildman–Crippen LogP) is 4.70. The number of carbonyl (C=O) groups is 1. The second kappa shape index (κ2) is 4.70. The molecule has 2 rings (SSSR count). The van der Waals surface area contributed by atoms with Crippen LogP contribution in [0.2, 0.25) is 5.02 Å². The molecular formula is C12H8BrClOS. The van der Waals surface area contributed by atoms with Gasteiger partial charge < -0.3 is 0 Å². The number of ketones is 1. The summed E-state index contributed by atoms with van der Waals surface area (Å²) >= 11 is 10.7. The van der Waals surface area contributed by atoms with Crippen molar-refractivity contribution in [2.45, 2.75) is 6.92 Å². The van der Waals surface area contributed by atoms with Gasteiger partial charge in [-0.2, -0.15) is 0 Å². The second-order valence-electron chi connectivity index (χ2n) is 3.37. The quantitative estimate of drug-likeness (QED) is 0.734. The van der Waals surface area contributed by atoms with E-state index in [1.54, 1.807) is 24.3 Å². The highest BCUT2D eigenvalue weighted by atomic mass is 79.9. The van der Waals surface area contributed by atoms with Gasteiger partial charge in [-0.15, -0.1) is 11.3 Å². The van der Waals surface area contributed by atoms with Crippen molar-refractivity contribution in [1.82, 2.24) is 0 Å². The highest BCUT2D eigenvalue weighted by Crippen LogP contribution is 2.29. The van der Waals surface area contributed by atoms with Crippen LogP contribution >= 0.6 is 38.9 Å². The van der Waals surface area contributed by atoms with E-state index < -0.39 is 0 Å². The third-order valence-corrected chi connectivity index (χ3v) is 4.28. The zero-order valence-electron chi connectivity index (χ0n) is 8.46. The van der Waals surface area contributed by atoms with Gasteiger partial charge in [0.25, 0.3) is 0 Å². The average molecular weight is 316 g/mol. The zero-order valence-corrected chi connectivity index (χ0v) is 11.6. The van der Waals surface area contributed by atoms with Crippen LogP contribution in [0, 0.1) is 6.92 Å². The molecule has 0 aliphatic carbocycles. The first-order valence-corrected chi connectivity index (χ1v) is 6.63. The zero-order chi connectivity index (χ0) is 11.7. The van der Waals surface area contributed by atoms with Gasteiger partial charge in [-0.25, -0.2) is 0 Å². The monoisotopic (exact) mass is 314 g/mol. The van der Waals surface area contributed by atoms with Crippen LogP contribution < -0.4 is 0 Å². The number of hydrogen-bond acceptors (Lipinski definition) is 2. The molecule has 0 spiro atoms. The maximum absolute atomic E-state index is 12.2. The largest absolute Gasteiger partial charge is 0.288 e. The standard InChI is InChI=1S/C12H8BrClOS/c1-7-5-10(13)12(16-7)11(15)8-3-2-4-9(14)6-8/h2-6H,1H3. The first-order valence-electron chi connectivity index (χ1n) is 4.64. The summed E-state index contributed by atoms with van der Waals surface area (Å²) < 4.78 is 0.847. The Labute approximate surface area is 111 Å². The summed E-state index contributed by atoms with van der Waals surface area (Å²) in [6, 6.07) is 8.94. The molecule has 1 nitrogen and oxygen atoms in total. The molecule has 0 N–H and O–H groups in total. The number of benzene rings is 1. The van der Waals surface area contributed by atoms with Crippen molar-refractivity contribution < 1.29 is 4.79 Å². The third kappa shape index (κ3) is 2.37. The van der Waals surface area contributed by atoms with Crippen molar-refractivity contribution in [1.29, 1.82) is 0 Å². The minimum Gasteiger partial charge on any atom is -0.288 e. The first-order chi connectivity index (χ1) is 7.58. The third-order valence-electron chi connectivity index (χ3n) is 2.10. The van der Waals surface area contributed by atoms with Crippen molar-refractivity contribution in [2.24, 2.45) is 0 Å². The van der Waals surface area contributed by atoms with E-state index in [4.69, 9.17) is 11.6 Å². The van der Waals surface area contributed by atoms with Gasteiger partial charge in [0.2, 0.25) is 5.78 Å². The molecule has 4 heteroatoms. The van der Waals surface area contributed by atoms with E-state index in [-0.39, 0.29) is 5.78 Å². The van der Waals surface area contributed by atoms with E-state index in [0.717, 1.165) is 14.2 Å². The summed E-state index contributed by atoms with van der Waals surface area (Å²) in [5.74, 6) is 0.00692. The molecule has 0 atom stereocenters. The van der Waals surface area contributed by atoms with Crippen molar-refractivity contribution in [3.63, 3.8) is 0 Å². The summed E-state index contributed by atoms with van der Waals surface area (Å²) in [6.45, 7) is 1.98. The maximum atomic E-state index is 12.2. The Morgan fingerprint density at radius 2 is 2.12 bits per heavy atom. The Morgan fingerprint density at radius 1 is 1.38 bits per heavy atom. The van der Waals surface area contributed by atoms with Gasteiger partial charge in [-0.1, -0.05) is 23.7 Å². The fourth-order valence-corrected chi connectivity index (χ4v) is 3.37. The summed E-state index contributed by atoms with van der Waals surface area (Å²) in [5, 5.41) is 0.579. The van der Waals surface area contributed by atoms with Gasteiger partial charge >= 0.3 is 0 Å². The highest BCUT2D eigenvalue weighted by molar-refractivity contribution is 9.10. The lowest BCUT2D eigenvalue weighted by molar-refractivity contribution is 0.104. The first kappa shape index (κ1) is 11.8. The number of carbonyl (C=O) groups excluding carboxylic acids is 1. The van der Waals surface area contributed by atoms with Crippen LogP contribution in [0.3, 0.4) is 0 Å². The average Bonchev–Trinajstić information content (AvgIpc) is 2.57. The molecule has 0 amide bonds. The Bertz CT molecular complexity index is 548. The van der Waals surface area contributed by atoms with Crippen LogP contribution in [0.25, 0.3) is 0 Å². The van der Waals surface area contributed by atoms with Crippen LogP contribution in [-0.2, 0) is 0 Å². The summed E-state index contributed by atoms with van der Waals surface area (Å²) in [7, 11) is 0. The van der Waals surface area contributed by atoms with Crippen LogP contribution in [0.4, 0.5) is 0 Å². The lowest BCUT2D eigenvalue weighted by Gasteiger charge is -1.99. The summed E-state index contributed by atoms with van der Waals surface area (Å²) in [5.41, 5.74) is 0.620. The number of rotatable bonds is 2. The van der Waals surface area contributed by atoms with Crippen molar-refractivity contribution in [3.05, 3.63) is 55.1 Å². The van der Waals surface area contributed by atoms with Gasteiger partial charge in [-0.3, -0.25) is 4.79 Å². The van der Waals surface area contributed by atoms with E-state index in [1.807, 2.05) is 13.0 Å². The van der Waals surface area contributed by atoms with Gasteiger partial charge in [0, 0.05) is 19.9 Å². The van der Waals surface area contributed by atoms with E-state index in [0.29, 0.717) is 10.6 Å². The van der Waals surface area contributed by atoms with Crippen LogP contribution in [0.5, 0.6) is 0 Å². The Morgan fingerprint density at radius 3 is 2.69 bits per heavy atom. The SMILES string of the molecule is Cc1cc(Br)c(C(=O)c2cccc(Cl)c2)s1. The molecule has 1 heterocycles. The molecule has 16 heavy (non-hydrogen) atoms. The van der Waals surface area contributed by atoms with Crippen LogP contribution in [0.15, 0.2) is 34.8 Å². The molecule has 0 aliphatic rings. The van der Waals surface area contributed by atoms with Crippen molar-refractivity contribution >= 4 is 44.7 Å². The molecule has 1 aromatic carbocycles. The lowest BCUT2D eigenvalue weighted by Crippen LogP contribution is -1.98. The summed E-state index contributed by atoms with van der Waals surface area (Å²) in [6.07, 6.45) is 0. The van der Waals surface area contributed by atoms with E-state index in [2.05, 4.69) is 15.9 Å². The Hall–Kier alpha value is -0.640.